The number of aliphatic hydroxyl groups is 1. The van der Waals surface area contributed by atoms with Crippen LogP contribution < -0.4 is 0 Å². The molecule has 1 aromatic carbocycles. The van der Waals surface area contributed by atoms with Crippen LogP contribution in [0.15, 0.2) is 60.2 Å². The van der Waals surface area contributed by atoms with Gasteiger partial charge >= 0.3 is 0 Å². The number of benzene rings is 1. The highest BCUT2D eigenvalue weighted by Crippen LogP contribution is 2.21. The summed E-state index contributed by atoms with van der Waals surface area (Å²) in [7, 11) is 1.92. The minimum atomic E-state index is -0.463. The smallest absolute Gasteiger partial charge is 0.101 e. The number of aliphatic hydroxyl groups excluding tert-OH is 1. The number of hydrogen-bond donors (Lipinski definition) is 1. The van der Waals surface area contributed by atoms with Crippen molar-refractivity contribution in [2.45, 2.75) is 19.2 Å². The van der Waals surface area contributed by atoms with Gasteiger partial charge in [-0.25, -0.2) is 0 Å². The van der Waals surface area contributed by atoms with E-state index in [1.54, 1.807) is 11.3 Å². The first-order valence-corrected chi connectivity index (χ1v) is 8.54. The third kappa shape index (κ3) is 4.51. The second kappa shape index (κ2) is 7.55. The Hall–Kier alpha value is -1.95. The van der Waals surface area contributed by atoms with Gasteiger partial charge in [0, 0.05) is 43.3 Å². The maximum Gasteiger partial charge on any atom is 0.101 e. The molecule has 0 spiro atoms. The van der Waals surface area contributed by atoms with Crippen molar-refractivity contribution in [1.29, 1.82) is 0 Å². The Morgan fingerprint density at radius 1 is 1.13 bits per heavy atom. The van der Waals surface area contributed by atoms with Crippen molar-refractivity contribution in [3.8, 4) is 0 Å². The normalized spacial score (nSPS) is 12.7. The van der Waals surface area contributed by atoms with Crippen LogP contribution in [0.3, 0.4) is 0 Å². The number of hydrogen-bond acceptors (Lipinski definition) is 4. The van der Waals surface area contributed by atoms with Crippen LogP contribution in [0.5, 0.6) is 0 Å². The highest BCUT2D eigenvalue weighted by molar-refractivity contribution is 7.10. The molecule has 1 atom stereocenters. The van der Waals surface area contributed by atoms with E-state index in [9.17, 15) is 5.11 Å². The van der Waals surface area contributed by atoms with Gasteiger partial charge < -0.3 is 5.11 Å². The predicted molar refractivity (Wildman–Crippen MR) is 93.0 cm³/mol. The van der Waals surface area contributed by atoms with E-state index in [-0.39, 0.29) is 0 Å². The molecule has 120 valence electrons. The summed E-state index contributed by atoms with van der Waals surface area (Å²) in [6, 6.07) is 14.3. The Labute approximate surface area is 140 Å². The number of aromatic nitrogens is 2. The van der Waals surface area contributed by atoms with Crippen molar-refractivity contribution in [2.75, 3.05) is 6.54 Å². The van der Waals surface area contributed by atoms with Gasteiger partial charge in [-0.2, -0.15) is 5.10 Å². The fraction of sp³-hybridized carbons (Fsp3) is 0.278. The van der Waals surface area contributed by atoms with Gasteiger partial charge in [0.15, 0.2) is 0 Å². The summed E-state index contributed by atoms with van der Waals surface area (Å²) in [6.45, 7) is 2.17. The monoisotopic (exact) mass is 327 g/mol. The molecule has 0 saturated carbocycles. The zero-order valence-corrected chi connectivity index (χ0v) is 14.0. The molecular weight excluding hydrogens is 306 g/mol. The van der Waals surface area contributed by atoms with Crippen LogP contribution in [0.2, 0.25) is 0 Å². The molecular formula is C18H21N3OS. The van der Waals surface area contributed by atoms with Gasteiger partial charge in [-0.3, -0.25) is 9.58 Å². The molecule has 2 aromatic heterocycles. The molecule has 5 heteroatoms. The number of nitrogens with zero attached hydrogens (tertiary/aromatic N) is 3. The lowest BCUT2D eigenvalue weighted by Gasteiger charge is -2.24. The van der Waals surface area contributed by atoms with Crippen molar-refractivity contribution < 1.29 is 5.11 Å². The molecule has 23 heavy (non-hydrogen) atoms. The zero-order chi connectivity index (χ0) is 16.1. The summed E-state index contributed by atoms with van der Waals surface area (Å²) in [6.07, 6.45) is 3.45. The van der Waals surface area contributed by atoms with Crippen molar-refractivity contribution >= 4 is 11.3 Å². The van der Waals surface area contributed by atoms with Crippen molar-refractivity contribution in [3.63, 3.8) is 0 Å². The molecule has 0 amide bonds. The van der Waals surface area contributed by atoms with E-state index in [0.717, 1.165) is 23.5 Å². The van der Waals surface area contributed by atoms with Gasteiger partial charge in [-0.1, -0.05) is 36.4 Å². The second-order valence-corrected chi connectivity index (χ2v) is 6.69. The summed E-state index contributed by atoms with van der Waals surface area (Å²) in [4.78, 5) is 3.27. The second-order valence-electron chi connectivity index (χ2n) is 5.71. The SMILES string of the molecule is Cn1cc(CN(Cc2ccccc2)C[C@@H](O)c2cccs2)cn1. The van der Waals surface area contributed by atoms with E-state index in [2.05, 4.69) is 22.1 Å². The van der Waals surface area contributed by atoms with Crippen LogP contribution in [0.1, 0.15) is 22.1 Å². The van der Waals surface area contributed by atoms with E-state index in [1.165, 1.54) is 5.56 Å². The van der Waals surface area contributed by atoms with Crippen LogP contribution in [0, 0.1) is 0 Å². The lowest BCUT2D eigenvalue weighted by molar-refractivity contribution is 0.107. The van der Waals surface area contributed by atoms with E-state index >= 15 is 0 Å². The molecule has 0 fully saturated rings. The predicted octanol–water partition coefficient (Wildman–Crippen LogP) is 3.22. The Morgan fingerprint density at radius 3 is 2.57 bits per heavy atom. The minimum Gasteiger partial charge on any atom is -0.386 e. The largest absolute Gasteiger partial charge is 0.386 e. The van der Waals surface area contributed by atoms with Crippen molar-refractivity contribution in [1.82, 2.24) is 14.7 Å². The molecule has 0 aliphatic rings. The van der Waals surface area contributed by atoms with Crippen molar-refractivity contribution in [2.24, 2.45) is 7.05 Å². The Bertz CT molecular complexity index is 709. The van der Waals surface area contributed by atoms with Gasteiger partial charge in [0.2, 0.25) is 0 Å². The summed E-state index contributed by atoms with van der Waals surface area (Å²) >= 11 is 1.60. The first-order valence-electron chi connectivity index (χ1n) is 7.66. The van der Waals surface area contributed by atoms with Crippen molar-refractivity contribution in [3.05, 3.63) is 76.2 Å². The maximum absolute atomic E-state index is 10.5. The topological polar surface area (TPSA) is 41.3 Å². The van der Waals surface area contributed by atoms with Gasteiger partial charge in [-0.15, -0.1) is 11.3 Å². The standard InChI is InChI=1S/C18H21N3OS/c1-20-11-16(10-19-20)13-21(12-15-6-3-2-4-7-15)14-17(22)18-8-5-9-23-18/h2-11,17,22H,12-14H2,1H3/t17-/m1/s1. The summed E-state index contributed by atoms with van der Waals surface area (Å²) in [5, 5.41) is 16.7. The van der Waals surface area contributed by atoms with E-state index in [0.29, 0.717) is 6.54 Å². The molecule has 0 saturated heterocycles. The first-order chi connectivity index (χ1) is 11.2. The maximum atomic E-state index is 10.5. The Kier molecular flexibility index (Phi) is 5.23. The Morgan fingerprint density at radius 2 is 1.91 bits per heavy atom. The lowest BCUT2D eigenvalue weighted by atomic mass is 10.2. The molecule has 3 rings (SSSR count). The Balaban J connectivity index is 1.72. The average molecular weight is 327 g/mol. The highest BCUT2D eigenvalue weighted by atomic mass is 32.1. The van der Waals surface area contributed by atoms with E-state index < -0.39 is 6.10 Å². The number of aryl methyl sites for hydroxylation is 1. The molecule has 0 bridgehead atoms. The zero-order valence-electron chi connectivity index (χ0n) is 13.2. The summed E-state index contributed by atoms with van der Waals surface area (Å²) in [5.74, 6) is 0. The first kappa shape index (κ1) is 15.9. The third-order valence-corrected chi connectivity index (χ3v) is 4.69. The lowest BCUT2D eigenvalue weighted by Crippen LogP contribution is -2.27. The highest BCUT2D eigenvalue weighted by Gasteiger charge is 2.16. The summed E-state index contributed by atoms with van der Waals surface area (Å²) < 4.78 is 1.81. The van der Waals surface area contributed by atoms with Crippen LogP contribution in [0.4, 0.5) is 0 Å². The molecule has 4 nitrogen and oxygen atoms in total. The van der Waals surface area contributed by atoms with Crippen LogP contribution in [-0.2, 0) is 20.1 Å². The van der Waals surface area contributed by atoms with E-state index in [1.807, 2.05) is 59.8 Å². The van der Waals surface area contributed by atoms with Crippen LogP contribution in [-0.4, -0.2) is 26.3 Å². The van der Waals surface area contributed by atoms with Gasteiger partial charge in [0.05, 0.1) is 6.20 Å². The van der Waals surface area contributed by atoms with Gasteiger partial charge in [-0.05, 0) is 17.0 Å². The molecule has 0 aliphatic carbocycles. The summed E-state index contributed by atoms with van der Waals surface area (Å²) in [5.41, 5.74) is 2.40. The molecule has 0 radical (unpaired) electrons. The number of rotatable bonds is 7. The van der Waals surface area contributed by atoms with Gasteiger partial charge in [0.1, 0.15) is 6.10 Å². The molecule has 0 unspecified atom stereocenters. The molecule has 2 heterocycles. The van der Waals surface area contributed by atoms with E-state index in [4.69, 9.17) is 0 Å². The molecule has 0 aliphatic heterocycles. The molecule has 3 aromatic rings. The quantitative estimate of drug-likeness (QED) is 0.724. The fourth-order valence-electron chi connectivity index (χ4n) is 2.65. The average Bonchev–Trinajstić information content (AvgIpc) is 3.20. The van der Waals surface area contributed by atoms with Gasteiger partial charge in [0.25, 0.3) is 0 Å². The third-order valence-electron chi connectivity index (χ3n) is 3.72. The number of thiophene rings is 1. The molecule has 1 N–H and O–H groups in total. The fourth-order valence-corrected chi connectivity index (χ4v) is 3.36. The minimum absolute atomic E-state index is 0.463. The van der Waals surface area contributed by atoms with Crippen LogP contribution >= 0.6 is 11.3 Å². The van der Waals surface area contributed by atoms with Crippen LogP contribution in [0.25, 0.3) is 0 Å².